The molecule has 2 aromatic carbocycles. The fourth-order valence-corrected chi connectivity index (χ4v) is 4.57. The van der Waals surface area contributed by atoms with E-state index in [0.717, 1.165) is 11.3 Å². The van der Waals surface area contributed by atoms with Crippen molar-refractivity contribution < 1.29 is 27.5 Å². The smallest absolute Gasteiger partial charge is 0.406 e. The van der Waals surface area contributed by atoms with Crippen LogP contribution in [0.25, 0.3) is 11.3 Å². The summed E-state index contributed by atoms with van der Waals surface area (Å²) in [6.45, 7) is 1.15. The molecule has 0 aliphatic carbocycles. The van der Waals surface area contributed by atoms with Gasteiger partial charge in [0, 0.05) is 31.0 Å². The van der Waals surface area contributed by atoms with Crippen molar-refractivity contribution in [1.82, 2.24) is 24.9 Å². The lowest BCUT2D eigenvalue weighted by Gasteiger charge is -2.32. The molecule has 39 heavy (non-hydrogen) atoms. The molecule has 0 bridgehead atoms. The van der Waals surface area contributed by atoms with Crippen molar-refractivity contribution in [2.24, 2.45) is 0 Å². The van der Waals surface area contributed by atoms with Gasteiger partial charge in [0.2, 0.25) is 5.91 Å². The zero-order chi connectivity index (χ0) is 27.4. The van der Waals surface area contributed by atoms with E-state index < -0.39 is 12.3 Å². The Morgan fingerprint density at radius 1 is 1.08 bits per heavy atom. The first-order valence-electron chi connectivity index (χ1n) is 12.3. The lowest BCUT2D eigenvalue weighted by molar-refractivity contribution is -0.274. The lowest BCUT2D eigenvalue weighted by Crippen LogP contribution is -2.39. The number of aromatic amines is 1. The molecule has 1 saturated heterocycles. The van der Waals surface area contributed by atoms with Crippen molar-refractivity contribution in [3.63, 3.8) is 0 Å². The number of likely N-dealkylation sites (tertiary alicyclic amines) is 1. The maximum atomic E-state index is 13.0. The fourth-order valence-electron chi connectivity index (χ4n) is 4.57. The molecule has 1 aliphatic heterocycles. The Morgan fingerprint density at radius 2 is 1.85 bits per heavy atom. The number of hydrogen-bond acceptors (Lipinski definition) is 5. The molecule has 5 rings (SSSR count). The van der Waals surface area contributed by atoms with Crippen LogP contribution in [0.2, 0.25) is 0 Å². The van der Waals surface area contributed by atoms with Crippen molar-refractivity contribution in [2.45, 2.75) is 31.7 Å². The number of piperidine rings is 1. The molecule has 2 N–H and O–H groups in total. The quantitative estimate of drug-likeness (QED) is 0.351. The number of alkyl halides is 3. The average Bonchev–Trinajstić information content (AvgIpc) is 3.61. The maximum absolute atomic E-state index is 13.0. The molecular formula is C27H25F3N6O3. The molecule has 2 aromatic heterocycles. The number of H-pyrrole nitrogens is 1. The van der Waals surface area contributed by atoms with E-state index in [1.54, 1.807) is 23.1 Å². The molecule has 0 spiro atoms. The summed E-state index contributed by atoms with van der Waals surface area (Å²) >= 11 is 0. The number of aromatic nitrogens is 4. The second kappa shape index (κ2) is 11.0. The van der Waals surface area contributed by atoms with Gasteiger partial charge < -0.3 is 15.0 Å². The van der Waals surface area contributed by atoms with Crippen LogP contribution in [0.3, 0.4) is 0 Å². The first kappa shape index (κ1) is 26.0. The predicted octanol–water partition coefficient (Wildman–Crippen LogP) is 4.83. The largest absolute Gasteiger partial charge is 0.573 e. The molecule has 0 atom stereocenters. The Morgan fingerprint density at radius 3 is 2.54 bits per heavy atom. The van der Waals surface area contributed by atoms with Crippen molar-refractivity contribution in [3.8, 4) is 17.0 Å². The Labute approximate surface area is 221 Å². The van der Waals surface area contributed by atoms with Crippen LogP contribution in [0.15, 0.2) is 73.2 Å². The number of amides is 2. The number of rotatable bonds is 7. The normalized spacial score (nSPS) is 14.3. The van der Waals surface area contributed by atoms with E-state index in [9.17, 15) is 22.8 Å². The van der Waals surface area contributed by atoms with E-state index in [1.165, 1.54) is 24.4 Å². The number of anilines is 1. The molecule has 2 amide bonds. The van der Waals surface area contributed by atoms with E-state index in [4.69, 9.17) is 0 Å². The minimum atomic E-state index is -4.80. The SMILES string of the molecule is O=C(Cc1cccc(OC(F)(F)F)c1)Nc1cnn(C2CCN(C(=O)c3ccc(-c4ccn[nH]4)cc3)CC2)c1. The molecule has 9 nitrogen and oxygen atoms in total. The third-order valence-electron chi connectivity index (χ3n) is 6.45. The Balaban J connectivity index is 1.12. The molecular weight excluding hydrogens is 513 g/mol. The minimum Gasteiger partial charge on any atom is -0.406 e. The molecule has 0 saturated carbocycles. The van der Waals surface area contributed by atoms with E-state index in [0.29, 0.717) is 42.7 Å². The topological polar surface area (TPSA) is 105 Å². The van der Waals surface area contributed by atoms with E-state index in [-0.39, 0.29) is 24.1 Å². The van der Waals surface area contributed by atoms with Crippen molar-refractivity contribution in [2.75, 3.05) is 18.4 Å². The van der Waals surface area contributed by atoms with Crippen LogP contribution in [0, 0.1) is 0 Å². The van der Waals surface area contributed by atoms with Crippen molar-refractivity contribution >= 4 is 17.5 Å². The summed E-state index contributed by atoms with van der Waals surface area (Å²) in [7, 11) is 0. The third-order valence-corrected chi connectivity index (χ3v) is 6.45. The summed E-state index contributed by atoms with van der Waals surface area (Å²) in [5.74, 6) is -0.794. The highest BCUT2D eigenvalue weighted by Gasteiger charge is 2.31. The zero-order valence-electron chi connectivity index (χ0n) is 20.7. The van der Waals surface area contributed by atoms with Gasteiger partial charge in [0.25, 0.3) is 5.91 Å². The first-order chi connectivity index (χ1) is 18.7. The number of benzene rings is 2. The number of ether oxygens (including phenoxy) is 1. The average molecular weight is 539 g/mol. The van der Waals surface area contributed by atoms with Gasteiger partial charge in [-0.25, -0.2) is 0 Å². The van der Waals surface area contributed by atoms with Crippen LogP contribution in [0.4, 0.5) is 18.9 Å². The third kappa shape index (κ3) is 6.64. The Bertz CT molecular complexity index is 1430. The summed E-state index contributed by atoms with van der Waals surface area (Å²) < 4.78 is 43.0. The van der Waals surface area contributed by atoms with Gasteiger partial charge in [-0.15, -0.1) is 13.2 Å². The number of carbonyl (C=O) groups excluding carboxylic acids is 2. The highest BCUT2D eigenvalue weighted by molar-refractivity contribution is 5.94. The van der Waals surface area contributed by atoms with Gasteiger partial charge in [-0.2, -0.15) is 10.2 Å². The number of hydrogen-bond donors (Lipinski definition) is 2. The molecule has 0 unspecified atom stereocenters. The van der Waals surface area contributed by atoms with Crippen LogP contribution >= 0.6 is 0 Å². The van der Waals surface area contributed by atoms with Crippen molar-refractivity contribution in [3.05, 3.63) is 84.3 Å². The first-order valence-corrected chi connectivity index (χ1v) is 12.3. The van der Waals surface area contributed by atoms with Gasteiger partial charge in [-0.1, -0.05) is 24.3 Å². The standard InChI is InChI=1S/C27H25F3N6O3/c28-27(29,30)39-23-3-1-2-18(14-23)15-25(37)33-21-16-32-36(17-21)22-9-12-35(13-10-22)26(38)20-6-4-19(5-7-20)24-8-11-31-34-24/h1-8,11,14,16-17,22H,9-10,12-13,15H2,(H,31,34)(H,33,37). The Kier molecular flexibility index (Phi) is 7.35. The molecule has 12 heteroatoms. The second-order valence-electron chi connectivity index (χ2n) is 9.20. The van der Waals surface area contributed by atoms with E-state index in [1.807, 2.05) is 35.2 Å². The van der Waals surface area contributed by atoms with Crippen LogP contribution in [0.5, 0.6) is 5.75 Å². The summed E-state index contributed by atoms with van der Waals surface area (Å²) in [4.78, 5) is 27.2. The van der Waals surface area contributed by atoms with E-state index >= 15 is 0 Å². The predicted molar refractivity (Wildman–Crippen MR) is 136 cm³/mol. The zero-order valence-corrected chi connectivity index (χ0v) is 20.7. The van der Waals surface area contributed by atoms with Gasteiger partial charge in [-0.3, -0.25) is 19.4 Å². The molecule has 4 aromatic rings. The number of nitrogens with zero attached hydrogens (tertiary/aromatic N) is 4. The highest BCUT2D eigenvalue weighted by atomic mass is 19.4. The summed E-state index contributed by atoms with van der Waals surface area (Å²) in [6, 6.07) is 14.6. The molecule has 1 fully saturated rings. The maximum Gasteiger partial charge on any atom is 0.573 e. The fraction of sp³-hybridized carbons (Fsp3) is 0.259. The monoisotopic (exact) mass is 538 g/mol. The van der Waals surface area contributed by atoms with Crippen LogP contribution in [-0.4, -0.2) is 56.1 Å². The summed E-state index contributed by atoms with van der Waals surface area (Å²) in [6.07, 6.45) is 1.42. The van der Waals surface area contributed by atoms with Gasteiger partial charge >= 0.3 is 6.36 Å². The molecule has 0 radical (unpaired) electrons. The molecule has 1 aliphatic rings. The van der Waals surface area contributed by atoms with Gasteiger partial charge in [-0.05, 0) is 54.3 Å². The number of carbonyl (C=O) groups is 2. The Hall–Kier alpha value is -4.61. The minimum absolute atomic E-state index is 0.0252. The number of nitrogens with one attached hydrogen (secondary N) is 2. The van der Waals surface area contributed by atoms with Gasteiger partial charge in [0.05, 0.1) is 30.0 Å². The number of halogens is 3. The van der Waals surface area contributed by atoms with Gasteiger partial charge in [0.1, 0.15) is 5.75 Å². The molecule has 3 heterocycles. The highest BCUT2D eigenvalue weighted by Crippen LogP contribution is 2.26. The van der Waals surface area contributed by atoms with Crippen LogP contribution < -0.4 is 10.1 Å². The van der Waals surface area contributed by atoms with E-state index in [2.05, 4.69) is 25.3 Å². The van der Waals surface area contributed by atoms with Crippen molar-refractivity contribution in [1.29, 1.82) is 0 Å². The van der Waals surface area contributed by atoms with Gasteiger partial charge in [0.15, 0.2) is 0 Å². The molecule has 202 valence electrons. The second-order valence-corrected chi connectivity index (χ2v) is 9.20. The lowest BCUT2D eigenvalue weighted by atomic mass is 10.0. The van der Waals surface area contributed by atoms with Crippen LogP contribution in [-0.2, 0) is 11.2 Å². The summed E-state index contributed by atoms with van der Waals surface area (Å²) in [5, 5.41) is 13.9. The summed E-state index contributed by atoms with van der Waals surface area (Å²) in [5.41, 5.74) is 3.33. The van der Waals surface area contributed by atoms with Crippen LogP contribution in [0.1, 0.15) is 34.8 Å².